The average Bonchev–Trinajstić information content (AvgIpc) is 3.07. The first kappa shape index (κ1) is 24.7. The van der Waals surface area contributed by atoms with Crippen LogP contribution in [0.2, 0.25) is 0 Å². The Bertz CT molecular complexity index is 1480. The van der Waals surface area contributed by atoms with Gasteiger partial charge < -0.3 is 14.2 Å². The van der Waals surface area contributed by atoms with Gasteiger partial charge in [0.1, 0.15) is 28.5 Å². The van der Waals surface area contributed by atoms with Gasteiger partial charge in [0.15, 0.2) is 0 Å². The van der Waals surface area contributed by atoms with Gasteiger partial charge in [-0.3, -0.25) is 24.0 Å². The minimum absolute atomic E-state index is 0.185. The van der Waals surface area contributed by atoms with E-state index in [0.29, 0.717) is 16.7 Å². The van der Waals surface area contributed by atoms with Crippen LogP contribution in [0, 0.1) is 0 Å². The number of carbonyl (C=O) groups excluding carboxylic acids is 5. The van der Waals surface area contributed by atoms with Crippen molar-refractivity contribution in [3.8, 4) is 23.0 Å². The Labute approximate surface area is 217 Å². The normalized spacial score (nSPS) is 14.1. The first-order valence-electron chi connectivity index (χ1n) is 11.6. The van der Waals surface area contributed by atoms with E-state index in [4.69, 9.17) is 14.2 Å². The summed E-state index contributed by atoms with van der Waals surface area (Å²) in [6.45, 7) is 4.90. The average molecular weight is 514 g/mol. The fraction of sp³-hybridized carbons (Fsp3) is 0.179. The molecule has 0 saturated heterocycles. The molecule has 0 aliphatic carbocycles. The Morgan fingerprint density at radius 1 is 0.737 bits per heavy atom. The quantitative estimate of drug-likeness (QED) is 0.383. The maximum Gasteiger partial charge on any atom is 0.308 e. The Morgan fingerprint density at radius 3 is 1.71 bits per heavy atom. The van der Waals surface area contributed by atoms with Crippen LogP contribution in [0.1, 0.15) is 54.7 Å². The van der Waals surface area contributed by atoms with Gasteiger partial charge in [-0.05, 0) is 30.3 Å². The van der Waals surface area contributed by atoms with E-state index in [1.54, 1.807) is 48.5 Å². The van der Waals surface area contributed by atoms with E-state index in [-0.39, 0.29) is 28.6 Å². The van der Waals surface area contributed by atoms with Crippen LogP contribution in [0.5, 0.6) is 23.0 Å². The van der Waals surface area contributed by atoms with Crippen LogP contribution in [-0.2, 0) is 24.7 Å². The third-order valence-electron chi connectivity index (χ3n) is 6.28. The number of ether oxygens (including phenoxy) is 3. The van der Waals surface area contributed by atoms with Gasteiger partial charge in [0.25, 0.3) is 5.91 Å². The van der Waals surface area contributed by atoms with Gasteiger partial charge in [-0.25, -0.2) is 5.01 Å². The fourth-order valence-corrected chi connectivity index (χ4v) is 5.12. The van der Waals surface area contributed by atoms with E-state index >= 15 is 0 Å². The second-order valence-corrected chi connectivity index (χ2v) is 8.83. The lowest BCUT2D eigenvalue weighted by Crippen LogP contribution is -2.59. The number of hydrogen-bond acceptors (Lipinski definition) is 8. The van der Waals surface area contributed by atoms with Crippen LogP contribution in [0.4, 0.5) is 0 Å². The fourth-order valence-electron chi connectivity index (χ4n) is 5.12. The van der Waals surface area contributed by atoms with Crippen molar-refractivity contribution in [2.75, 3.05) is 0 Å². The summed E-state index contributed by atoms with van der Waals surface area (Å²) in [4.78, 5) is 62.9. The van der Waals surface area contributed by atoms with Crippen molar-refractivity contribution in [2.45, 2.75) is 33.2 Å². The Kier molecular flexibility index (Phi) is 5.74. The monoisotopic (exact) mass is 514 g/mol. The lowest BCUT2D eigenvalue weighted by molar-refractivity contribution is -0.162. The molecule has 3 aromatic rings. The van der Waals surface area contributed by atoms with Crippen LogP contribution in [0.3, 0.4) is 0 Å². The summed E-state index contributed by atoms with van der Waals surface area (Å²) in [5.41, 5.74) is 0.104. The second kappa shape index (κ2) is 8.84. The van der Waals surface area contributed by atoms with Crippen molar-refractivity contribution >= 4 is 29.7 Å². The number of hydrogen-bond donors (Lipinski definition) is 0. The molecule has 3 aromatic carbocycles. The smallest absolute Gasteiger partial charge is 0.308 e. The minimum Gasteiger partial charge on any atom is -0.456 e. The topological polar surface area (TPSA) is 120 Å². The maximum atomic E-state index is 14.0. The van der Waals surface area contributed by atoms with Gasteiger partial charge in [0.2, 0.25) is 11.8 Å². The van der Waals surface area contributed by atoms with E-state index in [1.165, 1.54) is 39.8 Å². The van der Waals surface area contributed by atoms with Crippen LogP contribution >= 0.6 is 0 Å². The molecule has 2 heterocycles. The van der Waals surface area contributed by atoms with Crippen LogP contribution in [0.15, 0.2) is 60.7 Å². The number of rotatable bonds is 3. The number of esters is 2. The molecule has 0 atom stereocenters. The molecule has 10 nitrogen and oxygen atoms in total. The van der Waals surface area contributed by atoms with Gasteiger partial charge >= 0.3 is 11.9 Å². The molecule has 0 saturated carbocycles. The largest absolute Gasteiger partial charge is 0.456 e. The summed E-state index contributed by atoms with van der Waals surface area (Å²) < 4.78 is 16.7. The molecule has 0 unspecified atom stereocenters. The van der Waals surface area contributed by atoms with E-state index in [9.17, 15) is 24.0 Å². The molecule has 0 N–H and O–H groups in total. The minimum atomic E-state index is -1.53. The Balaban J connectivity index is 1.89. The van der Waals surface area contributed by atoms with Gasteiger partial charge in [0.05, 0.1) is 0 Å². The van der Waals surface area contributed by atoms with Gasteiger partial charge in [-0.2, -0.15) is 5.01 Å². The molecule has 192 valence electrons. The number of fused-ring (bicyclic) bond motifs is 6. The van der Waals surface area contributed by atoms with Crippen molar-refractivity contribution in [3.05, 3.63) is 82.9 Å². The van der Waals surface area contributed by atoms with Crippen LogP contribution in [0.25, 0.3) is 0 Å². The summed E-state index contributed by atoms with van der Waals surface area (Å²) in [6, 6.07) is 16.1. The number of benzene rings is 3. The molecular weight excluding hydrogens is 492 g/mol. The predicted molar refractivity (Wildman–Crippen MR) is 131 cm³/mol. The van der Waals surface area contributed by atoms with Gasteiger partial charge in [0, 0.05) is 62.1 Å². The van der Waals surface area contributed by atoms with E-state index < -0.39 is 35.2 Å². The molecule has 10 heteroatoms. The zero-order chi connectivity index (χ0) is 27.4. The molecule has 0 bridgehead atoms. The van der Waals surface area contributed by atoms with E-state index in [1.807, 2.05) is 0 Å². The maximum absolute atomic E-state index is 14.0. The zero-order valence-corrected chi connectivity index (χ0v) is 20.9. The summed E-state index contributed by atoms with van der Waals surface area (Å²) in [5, 5.41) is 1.95. The summed E-state index contributed by atoms with van der Waals surface area (Å²) in [7, 11) is 0. The number of imide groups is 1. The molecule has 0 aromatic heterocycles. The van der Waals surface area contributed by atoms with Crippen molar-refractivity contribution in [2.24, 2.45) is 0 Å². The molecule has 2 aliphatic rings. The van der Waals surface area contributed by atoms with Crippen LogP contribution < -0.4 is 14.2 Å². The molecule has 0 radical (unpaired) electrons. The van der Waals surface area contributed by atoms with Crippen LogP contribution in [-0.4, -0.2) is 39.7 Å². The lowest BCUT2D eigenvalue weighted by Gasteiger charge is -2.46. The second-order valence-electron chi connectivity index (χ2n) is 8.83. The van der Waals surface area contributed by atoms with Crippen molar-refractivity contribution in [1.29, 1.82) is 0 Å². The predicted octanol–water partition coefficient (Wildman–Crippen LogP) is 3.70. The van der Waals surface area contributed by atoms with Gasteiger partial charge in [-0.15, -0.1) is 0 Å². The number of hydrazine groups is 1. The molecule has 2 aliphatic heterocycles. The first-order chi connectivity index (χ1) is 18.0. The Morgan fingerprint density at radius 2 is 1.24 bits per heavy atom. The number of nitrogens with zero attached hydrogens (tertiary/aromatic N) is 2. The molecule has 5 rings (SSSR count). The molecular formula is C28H22N2O8. The van der Waals surface area contributed by atoms with Crippen molar-refractivity contribution < 1.29 is 38.2 Å². The van der Waals surface area contributed by atoms with Crippen molar-refractivity contribution in [3.63, 3.8) is 0 Å². The third-order valence-corrected chi connectivity index (χ3v) is 6.28. The van der Waals surface area contributed by atoms with Crippen molar-refractivity contribution in [1.82, 2.24) is 10.0 Å². The highest BCUT2D eigenvalue weighted by atomic mass is 16.5. The highest BCUT2D eigenvalue weighted by Gasteiger charge is 2.59. The molecule has 1 spiro atoms. The highest BCUT2D eigenvalue weighted by Crippen LogP contribution is 2.58. The number of amides is 3. The third kappa shape index (κ3) is 3.61. The standard InChI is InChI=1S/C28H22N2O8/c1-15(31)29(16(2)32)30-27(35)21-7-5-6-8-22(21)28(30)23-11-9-19(36-17(3)33)13-25(23)38-26-14-20(37-18(4)34)10-12-24(26)28/h5-14H,1-4H3. The lowest BCUT2D eigenvalue weighted by atomic mass is 9.75. The van der Waals surface area contributed by atoms with E-state index in [2.05, 4.69) is 0 Å². The summed E-state index contributed by atoms with van der Waals surface area (Å²) in [6.07, 6.45) is 0. The first-order valence-corrected chi connectivity index (χ1v) is 11.6. The molecule has 3 amide bonds. The Hall–Kier alpha value is -4.99. The SMILES string of the molecule is CC(=O)Oc1ccc2c(c1)Oc1cc(OC(C)=O)ccc1C21c2ccccc2C(=O)N1N(C(C)=O)C(C)=O. The number of carbonyl (C=O) groups is 5. The highest BCUT2D eigenvalue weighted by molar-refractivity contribution is 6.06. The molecule has 0 fully saturated rings. The van der Waals surface area contributed by atoms with Gasteiger partial charge in [-0.1, -0.05) is 18.2 Å². The summed E-state index contributed by atoms with van der Waals surface area (Å²) in [5.74, 6) is -2.21. The zero-order valence-electron chi connectivity index (χ0n) is 20.9. The molecule has 38 heavy (non-hydrogen) atoms. The van der Waals surface area contributed by atoms with E-state index in [0.717, 1.165) is 10.0 Å². The summed E-state index contributed by atoms with van der Waals surface area (Å²) >= 11 is 0.